The van der Waals surface area contributed by atoms with Crippen molar-refractivity contribution in [2.24, 2.45) is 11.1 Å². The summed E-state index contributed by atoms with van der Waals surface area (Å²) < 4.78 is 0.847. The summed E-state index contributed by atoms with van der Waals surface area (Å²) in [4.78, 5) is 4.08. The number of pyridine rings is 1. The summed E-state index contributed by atoms with van der Waals surface area (Å²) in [5.74, 6) is 0. The van der Waals surface area contributed by atoms with Gasteiger partial charge >= 0.3 is 0 Å². The van der Waals surface area contributed by atoms with Crippen LogP contribution in [0.2, 0.25) is 0 Å². The molecule has 1 aromatic heterocycles. The van der Waals surface area contributed by atoms with E-state index in [0.29, 0.717) is 0 Å². The number of aromatic nitrogens is 1. The highest BCUT2D eigenvalue weighted by atomic mass is 79.9. The van der Waals surface area contributed by atoms with E-state index in [1.165, 1.54) is 0 Å². The molecule has 2 nitrogen and oxygen atoms in total. The summed E-state index contributed by atoms with van der Waals surface area (Å²) in [6.45, 7) is 6.59. The zero-order valence-corrected chi connectivity index (χ0v) is 10.5. The first kappa shape index (κ1) is 11.7. The van der Waals surface area contributed by atoms with Crippen LogP contribution in [0.5, 0.6) is 0 Å². The summed E-state index contributed by atoms with van der Waals surface area (Å²) in [6, 6.07) is 4.05. The van der Waals surface area contributed by atoms with Crippen LogP contribution in [0.15, 0.2) is 22.9 Å². The van der Waals surface area contributed by atoms with E-state index in [9.17, 15) is 0 Å². The average Bonchev–Trinajstić information content (AvgIpc) is 2.01. The lowest BCUT2D eigenvalue weighted by Crippen LogP contribution is -2.18. The van der Waals surface area contributed by atoms with Crippen molar-refractivity contribution in [1.82, 2.24) is 4.98 Å². The van der Waals surface area contributed by atoms with Gasteiger partial charge in [-0.3, -0.25) is 0 Å². The van der Waals surface area contributed by atoms with Gasteiger partial charge in [0, 0.05) is 12.2 Å². The lowest BCUT2D eigenvalue weighted by Gasteiger charge is -2.23. The minimum absolute atomic E-state index is 0.0919. The summed E-state index contributed by atoms with van der Waals surface area (Å²) in [7, 11) is 0. The highest BCUT2D eigenvalue weighted by Gasteiger charge is 2.16. The van der Waals surface area contributed by atoms with Gasteiger partial charge in [0.15, 0.2) is 0 Å². The van der Waals surface area contributed by atoms with E-state index in [4.69, 9.17) is 5.73 Å². The fourth-order valence-corrected chi connectivity index (χ4v) is 1.81. The van der Waals surface area contributed by atoms with Gasteiger partial charge in [-0.15, -0.1) is 0 Å². The van der Waals surface area contributed by atoms with Gasteiger partial charge in [0.1, 0.15) is 4.60 Å². The first-order valence-electron chi connectivity index (χ1n) is 4.75. The molecule has 1 rings (SSSR count). The maximum atomic E-state index is 6.10. The van der Waals surface area contributed by atoms with E-state index in [1.807, 2.05) is 12.1 Å². The molecule has 0 saturated heterocycles. The van der Waals surface area contributed by atoms with Crippen LogP contribution in [0.3, 0.4) is 0 Å². The van der Waals surface area contributed by atoms with Gasteiger partial charge in [-0.1, -0.05) is 20.8 Å². The maximum absolute atomic E-state index is 6.10. The smallest absolute Gasteiger partial charge is 0.106 e. The Morgan fingerprint density at radius 2 is 2.14 bits per heavy atom. The van der Waals surface area contributed by atoms with Gasteiger partial charge in [0.05, 0.1) is 0 Å². The van der Waals surface area contributed by atoms with Crippen molar-refractivity contribution in [2.45, 2.75) is 33.2 Å². The normalized spacial score (nSPS) is 14.1. The first-order chi connectivity index (χ1) is 6.38. The monoisotopic (exact) mass is 256 g/mol. The van der Waals surface area contributed by atoms with Crippen LogP contribution in [0, 0.1) is 5.41 Å². The van der Waals surface area contributed by atoms with Gasteiger partial charge in [-0.25, -0.2) is 4.98 Å². The molecule has 0 aliphatic rings. The summed E-state index contributed by atoms with van der Waals surface area (Å²) in [6.07, 6.45) is 2.76. The Labute approximate surface area is 94.0 Å². The third-order valence-corrected chi connectivity index (χ3v) is 2.44. The molecular weight excluding hydrogens is 240 g/mol. The van der Waals surface area contributed by atoms with E-state index in [-0.39, 0.29) is 11.5 Å². The number of hydrogen-bond donors (Lipinski definition) is 1. The molecule has 3 heteroatoms. The third kappa shape index (κ3) is 3.76. The van der Waals surface area contributed by atoms with Gasteiger partial charge in [0.2, 0.25) is 0 Å². The zero-order valence-electron chi connectivity index (χ0n) is 8.92. The Balaban J connectivity index is 2.74. The van der Waals surface area contributed by atoms with Crippen molar-refractivity contribution >= 4 is 15.9 Å². The van der Waals surface area contributed by atoms with Crippen LogP contribution in [0.4, 0.5) is 0 Å². The molecular formula is C11H17BrN2. The number of nitrogens with two attached hydrogens (primary N) is 1. The van der Waals surface area contributed by atoms with Crippen molar-refractivity contribution in [3.05, 3.63) is 28.5 Å². The van der Waals surface area contributed by atoms with Crippen molar-refractivity contribution in [3.8, 4) is 0 Å². The van der Waals surface area contributed by atoms with E-state index in [1.54, 1.807) is 6.20 Å². The second kappa shape index (κ2) is 4.41. The topological polar surface area (TPSA) is 38.9 Å². The van der Waals surface area contributed by atoms with Crippen molar-refractivity contribution < 1.29 is 0 Å². The minimum Gasteiger partial charge on any atom is -0.324 e. The predicted octanol–water partition coefficient (Wildman–Crippen LogP) is 3.28. The van der Waals surface area contributed by atoms with Crippen molar-refractivity contribution in [3.63, 3.8) is 0 Å². The molecule has 0 amide bonds. The zero-order chi connectivity index (χ0) is 10.8. The van der Waals surface area contributed by atoms with E-state index < -0.39 is 0 Å². The highest BCUT2D eigenvalue weighted by molar-refractivity contribution is 9.10. The molecule has 0 aliphatic carbocycles. The van der Waals surface area contributed by atoms with Crippen molar-refractivity contribution in [2.75, 3.05) is 0 Å². The molecule has 0 spiro atoms. The number of rotatable bonds is 2. The largest absolute Gasteiger partial charge is 0.324 e. The SMILES string of the molecule is CC(C)(C)C[C@H](N)c1ccnc(Br)c1. The van der Waals surface area contributed by atoms with Gasteiger partial charge < -0.3 is 5.73 Å². The van der Waals surface area contributed by atoms with E-state index in [0.717, 1.165) is 16.6 Å². The fourth-order valence-electron chi connectivity index (χ4n) is 1.43. The molecule has 0 radical (unpaired) electrons. The number of halogens is 1. The van der Waals surface area contributed by atoms with E-state index >= 15 is 0 Å². The second-order valence-corrected chi connectivity index (χ2v) is 5.60. The van der Waals surface area contributed by atoms with Crippen LogP contribution >= 0.6 is 15.9 Å². The number of hydrogen-bond acceptors (Lipinski definition) is 2. The minimum atomic E-state index is 0.0919. The predicted molar refractivity (Wildman–Crippen MR) is 62.9 cm³/mol. The van der Waals surface area contributed by atoms with Gasteiger partial charge in [-0.05, 0) is 45.5 Å². The quantitative estimate of drug-likeness (QED) is 0.826. The van der Waals surface area contributed by atoms with Crippen LogP contribution in [0.1, 0.15) is 38.8 Å². The molecule has 14 heavy (non-hydrogen) atoms. The molecule has 0 saturated carbocycles. The van der Waals surface area contributed by atoms with Crippen molar-refractivity contribution in [1.29, 1.82) is 0 Å². The summed E-state index contributed by atoms with van der Waals surface area (Å²) in [5, 5.41) is 0. The van der Waals surface area contributed by atoms with E-state index in [2.05, 4.69) is 41.7 Å². The maximum Gasteiger partial charge on any atom is 0.106 e. The van der Waals surface area contributed by atoms with Crippen LogP contribution < -0.4 is 5.73 Å². The Kier molecular flexibility index (Phi) is 3.67. The molecule has 0 bridgehead atoms. The lowest BCUT2D eigenvalue weighted by atomic mass is 9.86. The second-order valence-electron chi connectivity index (χ2n) is 4.78. The fraction of sp³-hybridized carbons (Fsp3) is 0.545. The molecule has 1 heterocycles. The Morgan fingerprint density at radius 3 is 2.64 bits per heavy atom. The van der Waals surface area contributed by atoms with Crippen LogP contribution in [-0.4, -0.2) is 4.98 Å². The first-order valence-corrected chi connectivity index (χ1v) is 5.55. The Morgan fingerprint density at radius 1 is 1.50 bits per heavy atom. The Bertz CT molecular complexity index is 304. The molecule has 0 aromatic carbocycles. The third-order valence-electron chi connectivity index (χ3n) is 2.01. The molecule has 1 atom stereocenters. The average molecular weight is 257 g/mol. The molecule has 0 aliphatic heterocycles. The Hall–Kier alpha value is -0.410. The van der Waals surface area contributed by atoms with Gasteiger partial charge in [0.25, 0.3) is 0 Å². The molecule has 0 fully saturated rings. The summed E-state index contributed by atoms with van der Waals surface area (Å²) in [5.41, 5.74) is 7.50. The van der Waals surface area contributed by atoms with Crippen LogP contribution in [0.25, 0.3) is 0 Å². The molecule has 2 N–H and O–H groups in total. The highest BCUT2D eigenvalue weighted by Crippen LogP contribution is 2.28. The molecule has 78 valence electrons. The lowest BCUT2D eigenvalue weighted by molar-refractivity contribution is 0.342. The van der Waals surface area contributed by atoms with Gasteiger partial charge in [-0.2, -0.15) is 0 Å². The number of nitrogens with zero attached hydrogens (tertiary/aromatic N) is 1. The standard InChI is InChI=1S/C11H17BrN2/c1-11(2,3)7-9(13)8-4-5-14-10(12)6-8/h4-6,9H,7,13H2,1-3H3/t9-/m0/s1. The molecule has 0 unspecified atom stereocenters. The van der Waals surface area contributed by atoms with Crippen LogP contribution in [-0.2, 0) is 0 Å². The molecule has 1 aromatic rings. The summed E-state index contributed by atoms with van der Waals surface area (Å²) >= 11 is 3.34.